The van der Waals surface area contributed by atoms with Crippen LogP contribution in [-0.2, 0) is 9.47 Å². The Balaban J connectivity index is 4.61. The summed E-state index contributed by atoms with van der Waals surface area (Å²) in [5.41, 5.74) is 1.04. The third-order valence-corrected chi connectivity index (χ3v) is 1.55. The zero-order valence-electron chi connectivity index (χ0n) is 12.6. The van der Waals surface area contributed by atoms with Gasteiger partial charge in [-0.1, -0.05) is 6.08 Å². The number of nitrogens with one attached hydrogen (secondary N) is 1. The fourth-order valence-electron chi connectivity index (χ4n) is 1.02. The van der Waals surface area contributed by atoms with Gasteiger partial charge in [0.1, 0.15) is 11.2 Å². The number of carbonyl (C=O) groups excluding carboxylic acids is 2. The molecule has 0 radical (unpaired) electrons. The highest BCUT2D eigenvalue weighted by molar-refractivity contribution is 5.74. The van der Waals surface area contributed by atoms with E-state index in [1.807, 2.05) is 0 Å². The van der Waals surface area contributed by atoms with E-state index in [-0.39, 0.29) is 6.54 Å². The van der Waals surface area contributed by atoms with Crippen LogP contribution < -0.4 is 5.43 Å². The molecule has 0 fully saturated rings. The molecule has 0 atom stereocenters. The summed E-state index contributed by atoms with van der Waals surface area (Å²) in [5, 5.41) is 1.01. The van der Waals surface area contributed by atoms with Crippen molar-refractivity contribution in [2.24, 2.45) is 0 Å². The lowest BCUT2D eigenvalue weighted by atomic mass is 10.2. The van der Waals surface area contributed by atoms with Gasteiger partial charge in [0.2, 0.25) is 0 Å². The number of hydrogen-bond acceptors (Lipinski definition) is 4. The third-order valence-electron chi connectivity index (χ3n) is 1.55. The topological polar surface area (TPSA) is 67.9 Å². The number of ether oxygens (including phenoxy) is 2. The SMILES string of the molecule is C=CCN(NC(=O)OC(C)(C)C)C(=O)OC(C)(C)C. The minimum Gasteiger partial charge on any atom is -0.443 e. The molecule has 1 N–H and O–H groups in total. The van der Waals surface area contributed by atoms with Crippen molar-refractivity contribution >= 4 is 12.2 Å². The largest absolute Gasteiger partial charge is 0.443 e. The van der Waals surface area contributed by atoms with Crippen molar-refractivity contribution < 1.29 is 19.1 Å². The summed E-state index contributed by atoms with van der Waals surface area (Å²) < 4.78 is 10.2. The molecule has 0 saturated carbocycles. The van der Waals surface area contributed by atoms with E-state index >= 15 is 0 Å². The molecule has 0 bridgehead atoms. The Bertz CT molecular complexity index is 340. The van der Waals surface area contributed by atoms with Crippen LogP contribution in [0.15, 0.2) is 12.7 Å². The standard InChI is InChI=1S/C13H24N2O4/c1-8-9-15(11(17)19-13(5,6)7)14-10(16)18-12(2,3)4/h8H,1,9H2,2-7H3,(H,14,16). The van der Waals surface area contributed by atoms with Crippen molar-refractivity contribution in [1.29, 1.82) is 0 Å². The number of nitrogens with zero attached hydrogens (tertiary/aromatic N) is 1. The fraction of sp³-hybridized carbons (Fsp3) is 0.692. The van der Waals surface area contributed by atoms with Crippen LogP contribution in [0.3, 0.4) is 0 Å². The Labute approximate surface area is 114 Å². The first-order chi connectivity index (χ1) is 8.44. The Hall–Kier alpha value is -1.72. The molecule has 0 spiro atoms. The molecule has 0 rings (SSSR count). The Morgan fingerprint density at radius 1 is 1.11 bits per heavy atom. The zero-order valence-corrected chi connectivity index (χ0v) is 12.6. The lowest BCUT2D eigenvalue weighted by Crippen LogP contribution is -2.49. The highest BCUT2D eigenvalue weighted by Gasteiger charge is 2.25. The van der Waals surface area contributed by atoms with Gasteiger partial charge in [-0.25, -0.2) is 20.0 Å². The van der Waals surface area contributed by atoms with Crippen LogP contribution in [0.5, 0.6) is 0 Å². The lowest BCUT2D eigenvalue weighted by Gasteiger charge is -2.28. The first-order valence-electron chi connectivity index (χ1n) is 6.05. The average molecular weight is 272 g/mol. The molecular formula is C13H24N2O4. The maximum Gasteiger partial charge on any atom is 0.429 e. The number of amides is 2. The molecule has 0 aliphatic heterocycles. The maximum absolute atomic E-state index is 11.8. The molecule has 0 saturated heterocycles. The monoisotopic (exact) mass is 272 g/mol. The Kier molecular flexibility index (Phi) is 5.86. The van der Waals surface area contributed by atoms with Gasteiger partial charge in [-0.15, -0.1) is 6.58 Å². The van der Waals surface area contributed by atoms with Crippen molar-refractivity contribution in [1.82, 2.24) is 10.4 Å². The molecule has 19 heavy (non-hydrogen) atoms. The summed E-state index contributed by atoms with van der Waals surface area (Å²) in [6, 6.07) is 0. The van der Waals surface area contributed by atoms with Gasteiger partial charge in [0.05, 0.1) is 6.54 Å². The second-order valence-electron chi connectivity index (χ2n) is 5.99. The Morgan fingerprint density at radius 3 is 1.95 bits per heavy atom. The van der Waals surface area contributed by atoms with Crippen LogP contribution in [0.1, 0.15) is 41.5 Å². The van der Waals surface area contributed by atoms with Gasteiger partial charge in [-0.05, 0) is 41.5 Å². The predicted molar refractivity (Wildman–Crippen MR) is 72.5 cm³/mol. The summed E-state index contributed by atoms with van der Waals surface area (Å²) in [4.78, 5) is 23.4. The van der Waals surface area contributed by atoms with Gasteiger partial charge in [-0.2, -0.15) is 0 Å². The highest BCUT2D eigenvalue weighted by atomic mass is 16.6. The number of hydrazine groups is 1. The van der Waals surface area contributed by atoms with Crippen molar-refractivity contribution in [2.75, 3.05) is 6.54 Å². The molecule has 6 heteroatoms. The minimum atomic E-state index is -0.722. The molecule has 6 nitrogen and oxygen atoms in total. The second kappa shape index (κ2) is 6.45. The van der Waals surface area contributed by atoms with Gasteiger partial charge < -0.3 is 9.47 Å². The first-order valence-corrected chi connectivity index (χ1v) is 6.05. The van der Waals surface area contributed by atoms with E-state index in [0.717, 1.165) is 5.01 Å². The molecule has 0 aromatic carbocycles. The first kappa shape index (κ1) is 17.3. The summed E-state index contributed by atoms with van der Waals surface area (Å²) in [6.45, 7) is 14.1. The molecular weight excluding hydrogens is 248 g/mol. The molecule has 0 aromatic rings. The van der Waals surface area contributed by atoms with E-state index in [2.05, 4.69) is 12.0 Å². The van der Waals surface area contributed by atoms with E-state index in [0.29, 0.717) is 0 Å². The van der Waals surface area contributed by atoms with Gasteiger partial charge in [0.25, 0.3) is 0 Å². The molecule has 110 valence electrons. The number of hydrogen-bond donors (Lipinski definition) is 1. The van der Waals surface area contributed by atoms with Gasteiger partial charge >= 0.3 is 12.2 Å². The summed E-state index contributed by atoms with van der Waals surface area (Å²) >= 11 is 0. The van der Waals surface area contributed by atoms with E-state index in [1.165, 1.54) is 6.08 Å². The van der Waals surface area contributed by atoms with Crippen LogP contribution in [0.25, 0.3) is 0 Å². The summed E-state index contributed by atoms with van der Waals surface area (Å²) in [6.07, 6.45) is 0.0832. The molecule has 0 heterocycles. The average Bonchev–Trinajstić information content (AvgIpc) is 2.10. The lowest BCUT2D eigenvalue weighted by molar-refractivity contribution is 0.00410. The van der Waals surface area contributed by atoms with Crippen molar-refractivity contribution in [3.8, 4) is 0 Å². The number of carbonyl (C=O) groups is 2. The van der Waals surface area contributed by atoms with Gasteiger partial charge in [0, 0.05) is 0 Å². The summed E-state index contributed by atoms with van der Waals surface area (Å²) in [5.74, 6) is 0. The maximum atomic E-state index is 11.8. The normalized spacial score (nSPS) is 11.5. The summed E-state index contributed by atoms with van der Waals surface area (Å²) in [7, 11) is 0. The third kappa shape index (κ3) is 8.93. The van der Waals surface area contributed by atoms with Crippen LogP contribution in [0, 0.1) is 0 Å². The van der Waals surface area contributed by atoms with Crippen LogP contribution in [-0.4, -0.2) is 34.9 Å². The van der Waals surface area contributed by atoms with E-state index in [1.54, 1.807) is 41.5 Å². The van der Waals surface area contributed by atoms with Crippen LogP contribution in [0.4, 0.5) is 9.59 Å². The number of rotatable bonds is 2. The van der Waals surface area contributed by atoms with E-state index in [4.69, 9.17) is 9.47 Å². The van der Waals surface area contributed by atoms with Crippen molar-refractivity contribution in [2.45, 2.75) is 52.7 Å². The van der Waals surface area contributed by atoms with Crippen molar-refractivity contribution in [3.63, 3.8) is 0 Å². The zero-order chi connectivity index (χ0) is 15.3. The predicted octanol–water partition coefficient (Wildman–Crippen LogP) is 2.85. The quantitative estimate of drug-likeness (QED) is 0.620. The smallest absolute Gasteiger partial charge is 0.429 e. The minimum absolute atomic E-state index is 0.119. The van der Waals surface area contributed by atoms with Gasteiger partial charge in [0.15, 0.2) is 0 Å². The molecule has 2 amide bonds. The van der Waals surface area contributed by atoms with Crippen molar-refractivity contribution in [3.05, 3.63) is 12.7 Å². The molecule has 0 aliphatic rings. The fourth-order valence-corrected chi connectivity index (χ4v) is 1.02. The molecule has 0 unspecified atom stereocenters. The highest BCUT2D eigenvalue weighted by Crippen LogP contribution is 2.10. The molecule has 0 aromatic heterocycles. The molecule has 0 aliphatic carbocycles. The van der Waals surface area contributed by atoms with Crippen LogP contribution in [0.2, 0.25) is 0 Å². The van der Waals surface area contributed by atoms with E-state index in [9.17, 15) is 9.59 Å². The van der Waals surface area contributed by atoms with Gasteiger partial charge in [-0.3, -0.25) is 0 Å². The van der Waals surface area contributed by atoms with Crippen LogP contribution >= 0.6 is 0 Å². The second-order valence-corrected chi connectivity index (χ2v) is 5.99. The Morgan fingerprint density at radius 2 is 1.58 bits per heavy atom. The van der Waals surface area contributed by atoms with E-state index < -0.39 is 23.4 Å².